The first-order valence-electron chi connectivity index (χ1n) is 6.17. The van der Waals surface area contributed by atoms with Crippen LogP contribution in [0.25, 0.3) is 0 Å². The zero-order valence-corrected chi connectivity index (χ0v) is 13.9. The van der Waals surface area contributed by atoms with Crippen molar-refractivity contribution in [3.05, 3.63) is 0 Å². The van der Waals surface area contributed by atoms with E-state index in [9.17, 15) is 19.5 Å². The predicted octanol–water partition coefficient (Wildman–Crippen LogP) is -0.0663. The zero-order valence-electron chi connectivity index (χ0n) is 11.8. The molecule has 0 radical (unpaired) electrons. The molecule has 9 heteroatoms. The van der Waals surface area contributed by atoms with Gasteiger partial charge >= 0.3 is 17.9 Å². The van der Waals surface area contributed by atoms with E-state index in [1.807, 2.05) is 22.6 Å². The van der Waals surface area contributed by atoms with Crippen LogP contribution in [0.4, 0.5) is 0 Å². The van der Waals surface area contributed by atoms with E-state index in [0.717, 1.165) is 0 Å². The molecular weight excluding hydrogens is 399 g/mol. The second-order valence-electron chi connectivity index (χ2n) is 4.46. The second kappa shape index (κ2) is 7.90. The topological polar surface area (TPSA) is 108 Å². The number of alkyl halides is 1. The summed E-state index contributed by atoms with van der Waals surface area (Å²) < 4.78 is 19.7. The fraction of sp³-hybridized carbons (Fsp3) is 0.750. The van der Waals surface area contributed by atoms with Crippen molar-refractivity contribution in [1.82, 2.24) is 0 Å². The van der Waals surface area contributed by atoms with Crippen LogP contribution in [-0.2, 0) is 33.3 Å². The van der Waals surface area contributed by atoms with Gasteiger partial charge in [-0.15, -0.1) is 0 Å². The molecule has 0 spiro atoms. The van der Waals surface area contributed by atoms with Gasteiger partial charge in [-0.3, -0.25) is 14.4 Å². The Balaban J connectivity index is 2.94. The average Bonchev–Trinajstić information content (AvgIpc) is 2.35. The van der Waals surface area contributed by atoms with Crippen molar-refractivity contribution in [2.75, 3.05) is 6.61 Å². The summed E-state index contributed by atoms with van der Waals surface area (Å²) in [7, 11) is 0. The third kappa shape index (κ3) is 5.40. The molecule has 1 N–H and O–H groups in total. The van der Waals surface area contributed by atoms with E-state index in [-0.39, 0.29) is 6.61 Å². The second-order valence-corrected chi connectivity index (χ2v) is 5.90. The van der Waals surface area contributed by atoms with Gasteiger partial charge in [-0.2, -0.15) is 0 Å². The fourth-order valence-corrected chi connectivity index (χ4v) is 2.60. The molecule has 1 aliphatic rings. The quantitative estimate of drug-likeness (QED) is 0.294. The van der Waals surface area contributed by atoms with Gasteiger partial charge in [0, 0.05) is 20.8 Å². The largest absolute Gasteiger partial charge is 0.463 e. The molecule has 0 aromatic carbocycles. The van der Waals surface area contributed by atoms with Gasteiger partial charge in [-0.05, 0) is 0 Å². The lowest BCUT2D eigenvalue weighted by Gasteiger charge is -2.41. The molecule has 1 heterocycles. The van der Waals surface area contributed by atoms with Crippen molar-refractivity contribution in [1.29, 1.82) is 0 Å². The molecule has 0 aromatic heterocycles. The summed E-state index contributed by atoms with van der Waals surface area (Å²) in [4.78, 5) is 33.3. The number of carbonyl (C=O) groups excluding carboxylic acids is 3. The van der Waals surface area contributed by atoms with Crippen LogP contribution < -0.4 is 0 Å². The first-order valence-corrected chi connectivity index (χ1v) is 7.42. The highest BCUT2D eigenvalue weighted by molar-refractivity contribution is 14.1. The van der Waals surface area contributed by atoms with Crippen molar-refractivity contribution in [2.45, 2.75) is 49.3 Å². The molecule has 1 rings (SSSR count). The Morgan fingerprint density at radius 2 is 1.57 bits per heavy atom. The summed E-state index contributed by atoms with van der Waals surface area (Å²) in [6.45, 7) is 3.38. The van der Waals surface area contributed by atoms with Gasteiger partial charge in [-0.1, -0.05) is 22.6 Å². The van der Waals surface area contributed by atoms with Crippen LogP contribution in [0, 0.1) is 0 Å². The highest BCUT2D eigenvalue weighted by Crippen LogP contribution is 2.30. The van der Waals surface area contributed by atoms with Gasteiger partial charge in [0.25, 0.3) is 0 Å². The number of aliphatic hydroxyl groups excluding tert-OH is 1. The maximum absolute atomic E-state index is 11.2. The lowest BCUT2D eigenvalue weighted by molar-refractivity contribution is -0.246. The maximum atomic E-state index is 11.2. The molecule has 1 aliphatic heterocycles. The van der Waals surface area contributed by atoms with Crippen LogP contribution >= 0.6 is 22.6 Å². The predicted molar refractivity (Wildman–Crippen MR) is 76.4 cm³/mol. The zero-order chi connectivity index (χ0) is 16.2. The van der Waals surface area contributed by atoms with Crippen LogP contribution in [0.15, 0.2) is 0 Å². The molecule has 1 unspecified atom stereocenters. The van der Waals surface area contributed by atoms with Gasteiger partial charge in [-0.25, -0.2) is 0 Å². The minimum absolute atomic E-state index is 0.231. The van der Waals surface area contributed by atoms with Crippen LogP contribution in [0.5, 0.6) is 0 Å². The van der Waals surface area contributed by atoms with E-state index in [1.165, 1.54) is 20.8 Å². The summed E-state index contributed by atoms with van der Waals surface area (Å²) >= 11 is 1.84. The molecule has 0 saturated carbocycles. The minimum Gasteiger partial charge on any atom is -0.463 e. The molecule has 5 atom stereocenters. The van der Waals surface area contributed by atoms with Crippen LogP contribution in [0.3, 0.4) is 0 Å². The summed E-state index contributed by atoms with van der Waals surface area (Å²) in [6.07, 6.45) is -4.06. The summed E-state index contributed by atoms with van der Waals surface area (Å²) in [5.41, 5.74) is 0. The van der Waals surface area contributed by atoms with Crippen molar-refractivity contribution in [3.63, 3.8) is 0 Å². The van der Waals surface area contributed by atoms with Crippen LogP contribution in [0.1, 0.15) is 20.8 Å². The average molecular weight is 416 g/mol. The van der Waals surface area contributed by atoms with E-state index in [0.29, 0.717) is 0 Å². The molecule has 21 heavy (non-hydrogen) atoms. The summed E-state index contributed by atoms with van der Waals surface area (Å²) in [6, 6.07) is 0. The highest BCUT2D eigenvalue weighted by atomic mass is 127. The maximum Gasteiger partial charge on any atom is 0.303 e. The molecular formula is C12H17IO8. The van der Waals surface area contributed by atoms with E-state index >= 15 is 0 Å². The van der Waals surface area contributed by atoms with E-state index in [4.69, 9.17) is 18.9 Å². The third-order valence-corrected chi connectivity index (χ3v) is 3.97. The third-order valence-electron chi connectivity index (χ3n) is 2.65. The minimum atomic E-state index is -1.25. The van der Waals surface area contributed by atoms with Crippen molar-refractivity contribution in [2.24, 2.45) is 0 Å². The molecule has 120 valence electrons. The van der Waals surface area contributed by atoms with Crippen LogP contribution in [0.2, 0.25) is 0 Å². The van der Waals surface area contributed by atoms with Crippen LogP contribution in [-0.4, -0.2) is 58.1 Å². The van der Waals surface area contributed by atoms with Gasteiger partial charge in [0.15, 0.2) is 18.5 Å². The van der Waals surface area contributed by atoms with E-state index < -0.39 is 46.4 Å². The van der Waals surface area contributed by atoms with Crippen molar-refractivity contribution in [3.8, 4) is 0 Å². The van der Waals surface area contributed by atoms with E-state index in [2.05, 4.69) is 0 Å². The Kier molecular flexibility index (Phi) is 6.81. The Bertz CT molecular complexity index is 412. The Morgan fingerprint density at radius 1 is 1.05 bits per heavy atom. The molecule has 1 fully saturated rings. The number of carbonyl (C=O) groups is 3. The van der Waals surface area contributed by atoms with Gasteiger partial charge in [0.1, 0.15) is 16.6 Å². The highest BCUT2D eigenvalue weighted by Gasteiger charge is 2.48. The molecule has 0 amide bonds. The fourth-order valence-electron chi connectivity index (χ4n) is 1.88. The number of rotatable bonds is 4. The summed E-state index contributed by atoms with van der Waals surface area (Å²) in [5, 5.41) is 9.85. The van der Waals surface area contributed by atoms with Gasteiger partial charge in [0.05, 0.1) is 0 Å². The first-order chi connectivity index (χ1) is 9.72. The normalized spacial score (nSPS) is 32.1. The van der Waals surface area contributed by atoms with Gasteiger partial charge < -0.3 is 24.1 Å². The molecule has 0 aliphatic carbocycles. The van der Waals surface area contributed by atoms with E-state index in [1.54, 1.807) is 0 Å². The molecule has 0 bridgehead atoms. The number of hydrogen-bond acceptors (Lipinski definition) is 8. The number of ether oxygens (including phenoxy) is 4. The van der Waals surface area contributed by atoms with Gasteiger partial charge in [0.2, 0.25) is 0 Å². The lowest BCUT2D eigenvalue weighted by Crippen LogP contribution is -2.59. The first kappa shape index (κ1) is 18.1. The Hall–Kier alpha value is -0.940. The smallest absolute Gasteiger partial charge is 0.303 e. The SMILES string of the molecule is CC(=O)OC[C@H]1OC(O)[C@H](I)[C@@H](OC(C)=O)[C@@H]1OC(C)=O. The number of hydrogen-bond donors (Lipinski definition) is 1. The Morgan fingerprint density at radius 3 is 2.05 bits per heavy atom. The Labute approximate surface area is 135 Å². The number of halogens is 1. The molecule has 0 aromatic rings. The number of esters is 3. The lowest BCUT2D eigenvalue weighted by atomic mass is 10.0. The standard InChI is InChI=1S/C12H17IO8/c1-5(14)18-4-8-10(19-6(2)15)11(20-7(3)16)9(13)12(17)21-8/h8-12,17H,4H2,1-3H3/t8-,9-,10-,11-,12?/m1/s1. The molecule has 1 saturated heterocycles. The molecule has 8 nitrogen and oxygen atoms in total. The number of aliphatic hydroxyl groups is 1. The summed E-state index contributed by atoms with van der Waals surface area (Å²) in [5.74, 6) is -1.73. The van der Waals surface area contributed by atoms with Crippen molar-refractivity contribution >= 4 is 40.5 Å². The van der Waals surface area contributed by atoms with Crippen molar-refractivity contribution < 1.29 is 38.4 Å². The monoisotopic (exact) mass is 416 g/mol.